The summed E-state index contributed by atoms with van der Waals surface area (Å²) in [6, 6.07) is 12.3. The van der Waals surface area contributed by atoms with Crippen LogP contribution in [0.25, 0.3) is 22.0 Å². The van der Waals surface area contributed by atoms with Gasteiger partial charge in [0.15, 0.2) is 0 Å². The van der Waals surface area contributed by atoms with Crippen molar-refractivity contribution in [2.24, 2.45) is 0 Å². The molecule has 2 fully saturated rings. The summed E-state index contributed by atoms with van der Waals surface area (Å²) in [4.78, 5) is 18.7. The average Bonchev–Trinajstić information content (AvgIpc) is 3.58. The Bertz CT molecular complexity index is 1960. The SMILES string of the molecule is O=C(O)c1ccc2nc(CN3CCC(c4cccc(C(F)(F)F)c4OCc4ccc(Cl)c5cc(F)oc45)CC3)n(C[C@@H]3CCO3)c2c1. The number of carboxylic acids is 1. The van der Waals surface area contributed by atoms with E-state index in [0.29, 0.717) is 67.7 Å². The molecule has 0 amide bonds. The Balaban J connectivity index is 1.11. The first-order valence-electron chi connectivity index (χ1n) is 15.3. The predicted octanol–water partition coefficient (Wildman–Crippen LogP) is 8.04. The number of rotatable bonds is 9. The molecule has 0 unspecified atom stereocenters. The lowest BCUT2D eigenvalue weighted by Crippen LogP contribution is -2.35. The van der Waals surface area contributed by atoms with E-state index in [-0.39, 0.29) is 40.5 Å². The number of aromatic carboxylic acids is 1. The number of para-hydroxylation sites is 1. The van der Waals surface area contributed by atoms with Gasteiger partial charge in [-0.3, -0.25) is 4.90 Å². The van der Waals surface area contributed by atoms with Crippen LogP contribution in [0.4, 0.5) is 17.6 Å². The summed E-state index contributed by atoms with van der Waals surface area (Å²) in [6.45, 7) is 2.67. The number of carbonyl (C=O) groups is 1. The second-order valence-corrected chi connectivity index (χ2v) is 12.4. The van der Waals surface area contributed by atoms with Crippen LogP contribution in [0, 0.1) is 6.01 Å². The Kier molecular flexibility index (Phi) is 8.35. The van der Waals surface area contributed by atoms with Crippen LogP contribution < -0.4 is 4.74 Å². The third-order valence-electron chi connectivity index (χ3n) is 9.05. The van der Waals surface area contributed by atoms with Crippen LogP contribution in [0.5, 0.6) is 5.75 Å². The Morgan fingerprint density at radius 1 is 1.09 bits per heavy atom. The maximum atomic E-state index is 14.2. The lowest BCUT2D eigenvalue weighted by molar-refractivity contribution is -0.139. The van der Waals surface area contributed by atoms with Crippen LogP contribution >= 0.6 is 11.6 Å². The van der Waals surface area contributed by atoms with Gasteiger partial charge in [0.1, 0.15) is 23.8 Å². The van der Waals surface area contributed by atoms with Gasteiger partial charge >= 0.3 is 12.1 Å². The normalized spacial score (nSPS) is 17.8. The molecule has 2 aliphatic rings. The maximum absolute atomic E-state index is 14.2. The van der Waals surface area contributed by atoms with Crippen molar-refractivity contribution >= 4 is 39.6 Å². The monoisotopic (exact) mass is 671 g/mol. The summed E-state index contributed by atoms with van der Waals surface area (Å²) in [6.07, 6.45) is -2.54. The fourth-order valence-electron chi connectivity index (χ4n) is 6.50. The lowest BCUT2D eigenvalue weighted by atomic mass is 9.87. The van der Waals surface area contributed by atoms with Gasteiger partial charge in [-0.15, -0.1) is 0 Å². The summed E-state index contributed by atoms with van der Waals surface area (Å²) >= 11 is 6.16. The molecule has 0 spiro atoms. The number of likely N-dealkylation sites (tertiary alicyclic amines) is 1. The topological polar surface area (TPSA) is 90.0 Å². The number of furan rings is 1. The molecule has 2 aromatic heterocycles. The zero-order valence-electron chi connectivity index (χ0n) is 25.0. The maximum Gasteiger partial charge on any atom is 0.419 e. The van der Waals surface area contributed by atoms with E-state index in [1.54, 1.807) is 24.3 Å². The summed E-state index contributed by atoms with van der Waals surface area (Å²) in [5.74, 6) is -0.680. The second kappa shape index (κ2) is 12.5. The minimum atomic E-state index is -4.65. The molecule has 2 aliphatic heterocycles. The molecule has 3 aromatic carbocycles. The van der Waals surface area contributed by atoms with Crippen molar-refractivity contribution in [3.8, 4) is 5.75 Å². The first-order valence-corrected chi connectivity index (χ1v) is 15.7. The van der Waals surface area contributed by atoms with E-state index < -0.39 is 23.7 Å². The summed E-state index contributed by atoms with van der Waals surface area (Å²) < 4.78 is 75.3. The van der Waals surface area contributed by atoms with Crippen LogP contribution in [-0.4, -0.2) is 51.3 Å². The molecule has 7 rings (SSSR count). The number of aromatic nitrogens is 2. The number of carboxylic acid groups (broad SMARTS) is 1. The van der Waals surface area contributed by atoms with E-state index >= 15 is 0 Å². The van der Waals surface area contributed by atoms with Crippen molar-refractivity contribution in [3.63, 3.8) is 0 Å². The molecular weight excluding hydrogens is 642 g/mol. The number of piperidine rings is 1. The molecule has 0 saturated carbocycles. The molecule has 2 saturated heterocycles. The van der Waals surface area contributed by atoms with Crippen molar-refractivity contribution in [1.82, 2.24) is 14.5 Å². The predicted molar refractivity (Wildman–Crippen MR) is 165 cm³/mol. The zero-order chi connectivity index (χ0) is 32.9. The van der Waals surface area contributed by atoms with E-state index in [2.05, 4.69) is 4.90 Å². The first-order chi connectivity index (χ1) is 22.5. The molecule has 246 valence electrons. The quantitative estimate of drug-likeness (QED) is 0.159. The first kappa shape index (κ1) is 31.5. The number of alkyl halides is 3. The zero-order valence-corrected chi connectivity index (χ0v) is 25.8. The number of ether oxygens (including phenoxy) is 2. The van der Waals surface area contributed by atoms with Gasteiger partial charge in [0.25, 0.3) is 6.01 Å². The Morgan fingerprint density at radius 3 is 2.57 bits per heavy atom. The molecule has 13 heteroatoms. The number of halogens is 5. The molecule has 0 radical (unpaired) electrons. The van der Waals surface area contributed by atoms with Crippen LogP contribution in [0.15, 0.2) is 59.0 Å². The fraction of sp³-hybridized carbons (Fsp3) is 0.353. The molecule has 1 atom stereocenters. The molecule has 0 aliphatic carbocycles. The van der Waals surface area contributed by atoms with Gasteiger partial charge in [-0.05, 0) is 74.2 Å². The highest BCUT2D eigenvalue weighted by atomic mass is 35.5. The number of fused-ring (bicyclic) bond motifs is 2. The Hall–Kier alpha value is -4.13. The van der Waals surface area contributed by atoms with Crippen molar-refractivity contribution in [2.45, 2.75) is 57.2 Å². The van der Waals surface area contributed by atoms with Gasteiger partial charge in [-0.25, -0.2) is 9.78 Å². The van der Waals surface area contributed by atoms with E-state index in [4.69, 9.17) is 30.5 Å². The van der Waals surface area contributed by atoms with Crippen LogP contribution in [0.2, 0.25) is 5.02 Å². The highest BCUT2D eigenvalue weighted by Gasteiger charge is 2.37. The van der Waals surface area contributed by atoms with Gasteiger partial charge in [0.2, 0.25) is 0 Å². The van der Waals surface area contributed by atoms with Crippen LogP contribution in [-0.2, 0) is 30.6 Å². The van der Waals surface area contributed by atoms with Gasteiger partial charge in [0.05, 0.1) is 46.4 Å². The van der Waals surface area contributed by atoms with Gasteiger partial charge in [-0.2, -0.15) is 17.6 Å². The number of hydrogen-bond donors (Lipinski definition) is 1. The molecule has 4 heterocycles. The standard InChI is InChI=1S/C34H30ClF4N3O5/c35-26-6-4-21(31-24(26)15-29(36)47-31)18-46-32-23(2-1-3-25(32)34(37,38)39)19-8-11-41(12-9-19)17-30-40-27-7-5-20(33(43)44)14-28(27)42(30)16-22-10-13-45-22/h1-7,14-15,19,22H,8-13,16-18H2,(H,43,44)/t22-/m0/s1. The van der Waals surface area contributed by atoms with E-state index in [0.717, 1.165) is 29.9 Å². The summed E-state index contributed by atoms with van der Waals surface area (Å²) in [5.41, 5.74) is 1.69. The van der Waals surface area contributed by atoms with Crippen molar-refractivity contribution in [2.75, 3.05) is 19.7 Å². The third-order valence-corrected chi connectivity index (χ3v) is 9.38. The number of nitrogens with zero attached hydrogens (tertiary/aromatic N) is 3. The van der Waals surface area contributed by atoms with Crippen molar-refractivity contribution < 1.29 is 41.4 Å². The number of hydrogen-bond acceptors (Lipinski definition) is 6. The minimum Gasteiger partial charge on any atom is -0.488 e. The smallest absolute Gasteiger partial charge is 0.419 e. The Labute approximate surface area is 271 Å². The minimum absolute atomic E-state index is 0.0282. The summed E-state index contributed by atoms with van der Waals surface area (Å²) in [7, 11) is 0. The molecule has 1 N–H and O–H groups in total. The fourth-order valence-corrected chi connectivity index (χ4v) is 6.71. The van der Waals surface area contributed by atoms with Gasteiger partial charge < -0.3 is 23.6 Å². The lowest BCUT2D eigenvalue weighted by Gasteiger charge is -2.33. The molecule has 0 bridgehead atoms. The largest absolute Gasteiger partial charge is 0.488 e. The van der Waals surface area contributed by atoms with E-state index in [1.807, 2.05) is 4.57 Å². The van der Waals surface area contributed by atoms with Crippen molar-refractivity contribution in [1.29, 1.82) is 0 Å². The number of benzene rings is 3. The van der Waals surface area contributed by atoms with Crippen molar-refractivity contribution in [3.05, 3.63) is 93.7 Å². The number of imidazole rings is 1. The molecule has 47 heavy (non-hydrogen) atoms. The van der Waals surface area contributed by atoms with Crippen LogP contribution in [0.1, 0.15) is 58.1 Å². The average molecular weight is 672 g/mol. The van der Waals surface area contributed by atoms with Gasteiger partial charge in [-0.1, -0.05) is 29.8 Å². The highest BCUT2D eigenvalue weighted by molar-refractivity contribution is 6.35. The summed E-state index contributed by atoms with van der Waals surface area (Å²) in [5, 5.41) is 10.1. The van der Waals surface area contributed by atoms with E-state index in [9.17, 15) is 27.5 Å². The molecular formula is C34H30ClF4N3O5. The second-order valence-electron chi connectivity index (χ2n) is 12.0. The molecule has 5 aromatic rings. The Morgan fingerprint density at radius 2 is 1.87 bits per heavy atom. The third kappa shape index (κ3) is 6.29. The highest BCUT2D eigenvalue weighted by Crippen LogP contribution is 2.44. The van der Waals surface area contributed by atoms with E-state index in [1.165, 1.54) is 18.2 Å². The van der Waals surface area contributed by atoms with Crippen LogP contribution in [0.3, 0.4) is 0 Å². The molecule has 8 nitrogen and oxygen atoms in total. The van der Waals surface area contributed by atoms with Gasteiger partial charge in [0, 0.05) is 23.6 Å².